The Kier molecular flexibility index (Phi) is 4.49. The Bertz CT molecular complexity index is 454. The molecule has 5 heteroatoms. The molecule has 0 radical (unpaired) electrons. The van der Waals surface area contributed by atoms with Crippen LogP contribution < -0.4 is 5.32 Å². The van der Waals surface area contributed by atoms with E-state index in [9.17, 15) is 9.18 Å². The van der Waals surface area contributed by atoms with Gasteiger partial charge in [0.15, 0.2) is 11.6 Å². The minimum absolute atomic E-state index is 0.141. The summed E-state index contributed by atoms with van der Waals surface area (Å²) >= 11 is 0. The van der Waals surface area contributed by atoms with E-state index in [0.717, 1.165) is 12.1 Å². The maximum Gasteiger partial charge on any atom is 0.327 e. The number of phenols is 1. The van der Waals surface area contributed by atoms with Crippen molar-refractivity contribution >= 4 is 5.97 Å². The molecule has 1 aromatic rings. The Morgan fingerprint density at radius 1 is 1.71 bits per heavy atom. The average molecular weight is 237 g/mol. The van der Waals surface area contributed by atoms with Gasteiger partial charge in [-0.1, -0.05) is 12.0 Å². The summed E-state index contributed by atoms with van der Waals surface area (Å²) in [5.74, 6) is 0.448. The molecule has 1 aromatic carbocycles. The fraction of sp³-hybridized carbons (Fsp3) is 0.250. The Balaban J connectivity index is 3.00. The summed E-state index contributed by atoms with van der Waals surface area (Å²) in [6.45, 7) is 0.141. The molecule has 2 N–H and O–H groups in total. The highest BCUT2D eigenvalue weighted by molar-refractivity contribution is 5.77. The van der Waals surface area contributed by atoms with Crippen molar-refractivity contribution in [3.63, 3.8) is 0 Å². The number of phenolic OH excluding ortho intramolecular Hbond substituents is 1. The van der Waals surface area contributed by atoms with E-state index in [4.69, 9.17) is 11.5 Å². The molecule has 0 heterocycles. The zero-order valence-corrected chi connectivity index (χ0v) is 9.24. The number of halogens is 1. The molecule has 0 saturated heterocycles. The lowest BCUT2D eigenvalue weighted by Gasteiger charge is -2.15. The summed E-state index contributed by atoms with van der Waals surface area (Å²) in [5.41, 5.74) is 0.336. The monoisotopic (exact) mass is 237 g/mol. The molecule has 0 saturated carbocycles. The van der Waals surface area contributed by atoms with Crippen LogP contribution in [0.4, 0.5) is 4.39 Å². The van der Waals surface area contributed by atoms with E-state index < -0.39 is 23.6 Å². The van der Waals surface area contributed by atoms with Crippen molar-refractivity contribution in [3.05, 3.63) is 29.6 Å². The molecule has 0 aliphatic rings. The highest BCUT2D eigenvalue weighted by Crippen LogP contribution is 2.21. The van der Waals surface area contributed by atoms with Crippen LogP contribution in [0.2, 0.25) is 0 Å². The summed E-state index contributed by atoms with van der Waals surface area (Å²) in [5, 5.41) is 11.8. The van der Waals surface area contributed by atoms with Gasteiger partial charge in [0.1, 0.15) is 6.04 Å². The molecule has 0 bridgehead atoms. The van der Waals surface area contributed by atoms with Gasteiger partial charge < -0.3 is 9.84 Å². The standard InChI is InChI=1S/C12H12FNO3/c1-3-6-14-11(12(16)17-2)8-4-5-10(15)9(13)7-8/h1,4-5,7,11,14-15H,6H2,2H3. The molecular formula is C12H12FNO3. The fourth-order valence-corrected chi connectivity index (χ4v) is 1.32. The number of esters is 1. The predicted molar refractivity (Wildman–Crippen MR) is 59.7 cm³/mol. The largest absolute Gasteiger partial charge is 0.505 e. The molecule has 0 aromatic heterocycles. The molecule has 0 aliphatic carbocycles. The Hall–Kier alpha value is -2.06. The number of ether oxygens (including phenoxy) is 1. The molecule has 1 atom stereocenters. The van der Waals surface area contributed by atoms with E-state index >= 15 is 0 Å². The Labute approximate surface area is 98.4 Å². The van der Waals surface area contributed by atoms with Crippen molar-refractivity contribution in [1.82, 2.24) is 5.32 Å². The molecule has 0 fully saturated rings. The summed E-state index contributed by atoms with van der Waals surface area (Å²) in [6, 6.07) is 2.79. The molecule has 1 unspecified atom stereocenters. The van der Waals surface area contributed by atoms with Crippen LogP contribution >= 0.6 is 0 Å². The predicted octanol–water partition coefficient (Wildman–Crippen LogP) is 0.968. The topological polar surface area (TPSA) is 58.6 Å². The van der Waals surface area contributed by atoms with Gasteiger partial charge in [-0.2, -0.15) is 0 Å². The highest BCUT2D eigenvalue weighted by atomic mass is 19.1. The highest BCUT2D eigenvalue weighted by Gasteiger charge is 2.21. The van der Waals surface area contributed by atoms with Gasteiger partial charge in [-0.05, 0) is 17.7 Å². The van der Waals surface area contributed by atoms with E-state index in [-0.39, 0.29) is 6.54 Å². The number of hydrogen-bond donors (Lipinski definition) is 2. The van der Waals surface area contributed by atoms with Gasteiger partial charge in [0, 0.05) is 0 Å². The van der Waals surface area contributed by atoms with Gasteiger partial charge in [-0.3, -0.25) is 5.32 Å². The average Bonchev–Trinajstić information content (AvgIpc) is 2.33. The van der Waals surface area contributed by atoms with Gasteiger partial charge in [0.05, 0.1) is 13.7 Å². The number of carbonyl (C=O) groups excluding carboxylic acids is 1. The molecule has 4 nitrogen and oxygen atoms in total. The van der Waals surface area contributed by atoms with Crippen LogP contribution in [0.15, 0.2) is 18.2 Å². The second-order valence-corrected chi connectivity index (χ2v) is 3.25. The summed E-state index contributed by atoms with van der Waals surface area (Å²) in [6.07, 6.45) is 5.07. The number of benzene rings is 1. The second-order valence-electron chi connectivity index (χ2n) is 3.25. The lowest BCUT2D eigenvalue weighted by Crippen LogP contribution is -2.30. The number of hydrogen-bond acceptors (Lipinski definition) is 4. The minimum Gasteiger partial charge on any atom is -0.505 e. The normalized spacial score (nSPS) is 11.6. The number of rotatable bonds is 4. The smallest absolute Gasteiger partial charge is 0.327 e. The van der Waals surface area contributed by atoms with Crippen molar-refractivity contribution in [1.29, 1.82) is 0 Å². The van der Waals surface area contributed by atoms with Crippen LogP contribution in [0.5, 0.6) is 5.75 Å². The van der Waals surface area contributed by atoms with Crippen molar-refractivity contribution in [2.24, 2.45) is 0 Å². The van der Waals surface area contributed by atoms with Gasteiger partial charge in [-0.25, -0.2) is 9.18 Å². The zero-order valence-electron chi connectivity index (χ0n) is 9.24. The number of carbonyl (C=O) groups is 1. The van der Waals surface area contributed by atoms with Crippen molar-refractivity contribution in [2.75, 3.05) is 13.7 Å². The molecule has 0 amide bonds. The van der Waals surface area contributed by atoms with Gasteiger partial charge in [0.2, 0.25) is 0 Å². The SMILES string of the molecule is C#CCNC(C(=O)OC)c1ccc(O)c(F)c1. The van der Waals surface area contributed by atoms with E-state index in [1.54, 1.807) is 0 Å². The number of methoxy groups -OCH3 is 1. The number of nitrogens with one attached hydrogen (secondary N) is 1. The van der Waals surface area contributed by atoms with E-state index in [2.05, 4.69) is 16.0 Å². The summed E-state index contributed by atoms with van der Waals surface area (Å²) in [4.78, 5) is 11.5. The second kappa shape index (κ2) is 5.87. The zero-order chi connectivity index (χ0) is 12.8. The molecular weight excluding hydrogens is 225 g/mol. The van der Waals surface area contributed by atoms with Crippen LogP contribution in [0, 0.1) is 18.2 Å². The van der Waals surface area contributed by atoms with Crippen LogP contribution in [0.3, 0.4) is 0 Å². The molecule has 90 valence electrons. The molecule has 0 aliphatic heterocycles. The van der Waals surface area contributed by atoms with Crippen LogP contribution in [-0.2, 0) is 9.53 Å². The van der Waals surface area contributed by atoms with Crippen LogP contribution in [-0.4, -0.2) is 24.7 Å². The van der Waals surface area contributed by atoms with Crippen molar-refractivity contribution in [2.45, 2.75) is 6.04 Å². The maximum absolute atomic E-state index is 13.2. The van der Waals surface area contributed by atoms with Crippen molar-refractivity contribution < 1.29 is 19.0 Å². The first kappa shape index (κ1) is 13.0. The molecule has 17 heavy (non-hydrogen) atoms. The Morgan fingerprint density at radius 2 is 2.41 bits per heavy atom. The maximum atomic E-state index is 13.2. The van der Waals surface area contributed by atoms with E-state index in [0.29, 0.717) is 5.56 Å². The molecule has 0 spiro atoms. The Morgan fingerprint density at radius 3 is 2.94 bits per heavy atom. The van der Waals surface area contributed by atoms with Crippen LogP contribution in [0.1, 0.15) is 11.6 Å². The first-order valence-electron chi connectivity index (χ1n) is 4.83. The summed E-state index contributed by atoms with van der Waals surface area (Å²) < 4.78 is 17.7. The van der Waals surface area contributed by atoms with Crippen molar-refractivity contribution in [3.8, 4) is 18.1 Å². The number of terminal acetylenes is 1. The third-order valence-corrected chi connectivity index (χ3v) is 2.15. The lowest BCUT2D eigenvalue weighted by molar-refractivity contribution is -0.143. The van der Waals surface area contributed by atoms with Gasteiger partial charge >= 0.3 is 5.97 Å². The fourth-order valence-electron chi connectivity index (χ4n) is 1.32. The first-order chi connectivity index (χ1) is 8.10. The third kappa shape index (κ3) is 3.20. The minimum atomic E-state index is -0.855. The first-order valence-corrected chi connectivity index (χ1v) is 4.83. The molecule has 1 rings (SSSR count). The van der Waals surface area contributed by atoms with E-state index in [1.807, 2.05) is 0 Å². The lowest BCUT2D eigenvalue weighted by atomic mass is 10.1. The third-order valence-electron chi connectivity index (χ3n) is 2.15. The van der Waals surface area contributed by atoms with Gasteiger partial charge in [-0.15, -0.1) is 6.42 Å². The van der Waals surface area contributed by atoms with Gasteiger partial charge in [0.25, 0.3) is 0 Å². The van der Waals surface area contributed by atoms with Crippen LogP contribution in [0.25, 0.3) is 0 Å². The summed E-state index contributed by atoms with van der Waals surface area (Å²) in [7, 11) is 1.23. The number of aromatic hydroxyl groups is 1. The quantitative estimate of drug-likeness (QED) is 0.605. The van der Waals surface area contributed by atoms with E-state index in [1.165, 1.54) is 13.2 Å².